The lowest BCUT2D eigenvalue weighted by atomic mass is 9.97. The maximum absolute atomic E-state index is 12.8. The van der Waals surface area contributed by atoms with E-state index >= 15 is 0 Å². The molecule has 1 aliphatic rings. The minimum Gasteiger partial charge on any atom is -0.347 e. The largest absolute Gasteiger partial charge is 0.347 e. The van der Waals surface area contributed by atoms with Crippen LogP contribution in [0.25, 0.3) is 0 Å². The van der Waals surface area contributed by atoms with Gasteiger partial charge in [0, 0.05) is 24.6 Å². The van der Waals surface area contributed by atoms with Crippen molar-refractivity contribution in [3.05, 3.63) is 41.5 Å². The van der Waals surface area contributed by atoms with Crippen molar-refractivity contribution in [1.82, 2.24) is 19.8 Å². The Kier molecular flexibility index (Phi) is 5.90. The van der Waals surface area contributed by atoms with Gasteiger partial charge in [-0.05, 0) is 38.8 Å². The fraction of sp³-hybridized carbons (Fsp3) is 0.444. The summed E-state index contributed by atoms with van der Waals surface area (Å²) in [6, 6.07) is 6.02. The highest BCUT2D eigenvalue weighted by Gasteiger charge is 2.32. The molecule has 9 nitrogen and oxygen atoms in total. The molecule has 28 heavy (non-hydrogen) atoms. The summed E-state index contributed by atoms with van der Waals surface area (Å²) >= 11 is 0. The third-order valence-electron chi connectivity index (χ3n) is 4.69. The van der Waals surface area contributed by atoms with Gasteiger partial charge in [-0.15, -0.1) is 0 Å². The van der Waals surface area contributed by atoms with Crippen molar-refractivity contribution in [2.45, 2.75) is 38.1 Å². The predicted molar refractivity (Wildman–Crippen MR) is 98.8 cm³/mol. The highest BCUT2D eigenvalue weighted by atomic mass is 32.2. The van der Waals surface area contributed by atoms with Gasteiger partial charge in [0.05, 0.1) is 11.4 Å². The van der Waals surface area contributed by atoms with Crippen LogP contribution in [-0.2, 0) is 21.4 Å². The van der Waals surface area contributed by atoms with E-state index in [1.54, 1.807) is 19.1 Å². The summed E-state index contributed by atoms with van der Waals surface area (Å²) in [6.45, 7) is 3.72. The number of aryl methyl sites for hydroxylation is 1. The zero-order valence-electron chi connectivity index (χ0n) is 15.7. The van der Waals surface area contributed by atoms with Crippen LogP contribution in [0.1, 0.15) is 41.8 Å². The topological polar surface area (TPSA) is 122 Å². The number of carbonyl (C=O) groups excluding carboxylic acids is 2. The van der Waals surface area contributed by atoms with Crippen LogP contribution in [0.3, 0.4) is 0 Å². The number of sulfonamides is 1. The molecule has 0 spiro atoms. The molecule has 0 aliphatic carbocycles. The van der Waals surface area contributed by atoms with Gasteiger partial charge in [0.15, 0.2) is 11.6 Å². The Labute approximate surface area is 163 Å². The first-order chi connectivity index (χ1) is 13.3. The van der Waals surface area contributed by atoms with Crippen LogP contribution in [0.4, 0.5) is 0 Å². The summed E-state index contributed by atoms with van der Waals surface area (Å²) in [7, 11) is -3.70. The number of piperidine rings is 1. The number of aromatic nitrogens is 2. The second-order valence-corrected chi connectivity index (χ2v) is 8.65. The first kappa shape index (κ1) is 20.2. The molecule has 0 saturated carbocycles. The number of nitrogens with one attached hydrogen (secondary N) is 1. The maximum Gasteiger partial charge on any atom is 0.246 e. The van der Waals surface area contributed by atoms with Crippen molar-refractivity contribution in [1.29, 1.82) is 0 Å². The summed E-state index contributed by atoms with van der Waals surface area (Å²) in [4.78, 5) is 27.9. The lowest BCUT2D eigenvalue weighted by Crippen LogP contribution is -2.42. The van der Waals surface area contributed by atoms with E-state index in [1.807, 2.05) is 0 Å². The Hall–Kier alpha value is -2.59. The molecule has 1 fully saturated rings. The molecule has 1 N–H and O–H groups in total. The quantitative estimate of drug-likeness (QED) is 0.717. The first-order valence-electron chi connectivity index (χ1n) is 8.95. The minimum atomic E-state index is -3.70. The van der Waals surface area contributed by atoms with Gasteiger partial charge in [-0.3, -0.25) is 9.59 Å². The molecule has 0 bridgehead atoms. The van der Waals surface area contributed by atoms with Gasteiger partial charge in [0.1, 0.15) is 0 Å². The average Bonchev–Trinajstić information content (AvgIpc) is 3.11. The number of carbonyl (C=O) groups is 2. The third-order valence-corrected chi connectivity index (χ3v) is 6.58. The van der Waals surface area contributed by atoms with E-state index < -0.39 is 10.0 Å². The SMILES string of the molecule is CC(=O)c1cccc(S(=O)(=O)N2CCC(C(=O)NCc3nc(C)no3)CC2)c1. The van der Waals surface area contributed by atoms with Crippen LogP contribution < -0.4 is 5.32 Å². The molecule has 1 aliphatic heterocycles. The van der Waals surface area contributed by atoms with Crippen molar-refractivity contribution in [2.24, 2.45) is 5.92 Å². The van der Waals surface area contributed by atoms with Gasteiger partial charge in [0.2, 0.25) is 21.8 Å². The van der Waals surface area contributed by atoms with Crippen LogP contribution in [0.5, 0.6) is 0 Å². The lowest BCUT2D eigenvalue weighted by Gasteiger charge is -2.30. The lowest BCUT2D eigenvalue weighted by molar-refractivity contribution is -0.126. The van der Waals surface area contributed by atoms with E-state index in [4.69, 9.17) is 4.52 Å². The second-order valence-electron chi connectivity index (χ2n) is 6.72. The summed E-state index contributed by atoms with van der Waals surface area (Å²) in [5.74, 6) is 0.196. The number of rotatable bonds is 6. The number of hydrogen-bond acceptors (Lipinski definition) is 7. The fourth-order valence-corrected chi connectivity index (χ4v) is 4.62. The zero-order valence-corrected chi connectivity index (χ0v) is 16.5. The Balaban J connectivity index is 1.58. The molecular weight excluding hydrogens is 384 g/mol. The van der Waals surface area contributed by atoms with Crippen LogP contribution in [0, 0.1) is 12.8 Å². The monoisotopic (exact) mass is 406 g/mol. The minimum absolute atomic E-state index is 0.0925. The molecule has 0 radical (unpaired) electrons. The molecule has 1 aromatic heterocycles. The highest BCUT2D eigenvalue weighted by Crippen LogP contribution is 2.24. The van der Waals surface area contributed by atoms with Gasteiger partial charge in [0.25, 0.3) is 0 Å². The van der Waals surface area contributed by atoms with Crippen molar-refractivity contribution < 1.29 is 22.5 Å². The van der Waals surface area contributed by atoms with E-state index in [0.29, 0.717) is 30.1 Å². The van der Waals surface area contributed by atoms with Crippen LogP contribution in [0.2, 0.25) is 0 Å². The number of Topliss-reactive ketones (excluding diaryl/α,β-unsaturated/α-hetero) is 1. The molecule has 150 valence electrons. The maximum atomic E-state index is 12.8. The van der Waals surface area contributed by atoms with Crippen molar-refractivity contribution in [3.63, 3.8) is 0 Å². The molecule has 0 atom stereocenters. The molecule has 10 heteroatoms. The summed E-state index contributed by atoms with van der Waals surface area (Å²) in [5.41, 5.74) is 0.353. The van der Waals surface area contributed by atoms with Crippen molar-refractivity contribution >= 4 is 21.7 Å². The van der Waals surface area contributed by atoms with E-state index in [0.717, 1.165) is 0 Å². The Bertz CT molecular complexity index is 977. The van der Waals surface area contributed by atoms with E-state index in [2.05, 4.69) is 15.5 Å². The van der Waals surface area contributed by atoms with Crippen LogP contribution in [-0.4, -0.2) is 47.6 Å². The number of ketones is 1. The van der Waals surface area contributed by atoms with E-state index in [9.17, 15) is 18.0 Å². The second kappa shape index (κ2) is 8.19. The van der Waals surface area contributed by atoms with Gasteiger partial charge in [-0.1, -0.05) is 17.3 Å². The third kappa shape index (κ3) is 4.45. The number of benzene rings is 1. The Morgan fingerprint density at radius 3 is 2.61 bits per heavy atom. The molecule has 1 aromatic carbocycles. The van der Waals surface area contributed by atoms with E-state index in [-0.39, 0.29) is 42.1 Å². The van der Waals surface area contributed by atoms with Crippen LogP contribution in [0.15, 0.2) is 33.7 Å². The van der Waals surface area contributed by atoms with E-state index in [1.165, 1.54) is 23.4 Å². The number of nitrogens with zero attached hydrogens (tertiary/aromatic N) is 3. The average molecular weight is 406 g/mol. The van der Waals surface area contributed by atoms with Gasteiger partial charge in [-0.2, -0.15) is 9.29 Å². The molecule has 3 rings (SSSR count). The summed E-state index contributed by atoms with van der Waals surface area (Å²) in [6.07, 6.45) is 0.834. The molecule has 2 heterocycles. The molecule has 2 aromatic rings. The highest BCUT2D eigenvalue weighted by molar-refractivity contribution is 7.89. The molecular formula is C18H22N4O5S. The predicted octanol–water partition coefficient (Wildman–Crippen LogP) is 1.30. The van der Waals surface area contributed by atoms with Crippen LogP contribution >= 0.6 is 0 Å². The number of hydrogen-bond donors (Lipinski definition) is 1. The smallest absolute Gasteiger partial charge is 0.246 e. The molecule has 1 saturated heterocycles. The van der Waals surface area contributed by atoms with Crippen molar-refractivity contribution in [3.8, 4) is 0 Å². The zero-order chi connectivity index (χ0) is 20.3. The standard InChI is InChI=1S/C18H22N4O5S/c1-12(23)15-4-3-5-16(10-15)28(25,26)22-8-6-14(7-9-22)18(24)19-11-17-20-13(2)21-27-17/h3-5,10,14H,6-9,11H2,1-2H3,(H,19,24). The normalized spacial score (nSPS) is 16.1. The van der Waals surface area contributed by atoms with Gasteiger partial charge < -0.3 is 9.84 Å². The van der Waals surface area contributed by atoms with Crippen molar-refractivity contribution in [2.75, 3.05) is 13.1 Å². The molecule has 0 unspecified atom stereocenters. The fourth-order valence-electron chi connectivity index (χ4n) is 3.10. The summed E-state index contributed by atoms with van der Waals surface area (Å²) in [5, 5.41) is 6.40. The number of amides is 1. The molecule has 1 amide bonds. The Morgan fingerprint density at radius 2 is 2.00 bits per heavy atom. The summed E-state index contributed by atoms with van der Waals surface area (Å²) < 4.78 is 32.0. The Morgan fingerprint density at radius 1 is 1.29 bits per heavy atom. The van der Waals surface area contributed by atoms with Gasteiger partial charge >= 0.3 is 0 Å². The van der Waals surface area contributed by atoms with Gasteiger partial charge in [-0.25, -0.2) is 8.42 Å². The first-order valence-corrected chi connectivity index (χ1v) is 10.4.